The normalized spacial score (nSPS) is 13.1. The Balaban J connectivity index is 2.15. The van der Waals surface area contributed by atoms with Crippen molar-refractivity contribution in [1.29, 1.82) is 0 Å². The van der Waals surface area contributed by atoms with E-state index < -0.39 is 28.0 Å². The molecule has 0 fully saturated rings. The highest BCUT2D eigenvalue weighted by Crippen LogP contribution is 2.22. The summed E-state index contributed by atoms with van der Waals surface area (Å²) in [6.45, 7) is 7.25. The molecule has 0 unspecified atom stereocenters. The van der Waals surface area contributed by atoms with E-state index in [9.17, 15) is 13.2 Å². The van der Waals surface area contributed by atoms with Crippen molar-refractivity contribution in [3.8, 4) is 0 Å². The van der Waals surface area contributed by atoms with E-state index in [1.807, 2.05) is 17.0 Å². The minimum Gasteiger partial charge on any atom is -0.444 e. The number of nitrogens with zero attached hydrogens (tertiary/aromatic N) is 1. The number of aryl methyl sites for hydroxylation is 1. The van der Waals surface area contributed by atoms with Crippen LogP contribution in [0.3, 0.4) is 0 Å². The summed E-state index contributed by atoms with van der Waals surface area (Å²) in [5.74, 6) is 0. The van der Waals surface area contributed by atoms with Gasteiger partial charge in [-0.1, -0.05) is 12.1 Å². The summed E-state index contributed by atoms with van der Waals surface area (Å²) in [5, 5.41) is 5.60. The van der Waals surface area contributed by atoms with Crippen LogP contribution in [0.5, 0.6) is 0 Å². The van der Waals surface area contributed by atoms with E-state index >= 15 is 0 Å². The smallest absolute Gasteiger partial charge is 0.408 e. The standard InChI is InChI=1S/C17H23N3O5S2/c1-11-18-15(10-26-11)14(19-16(21)25-17(2,3)4)9-12-5-7-13(8-6-12)20-27(22,23)24/h5-8,10,14,20H,9H2,1-4H3,(H,19,21)(H,22,23,24)/t14-/m0/s1. The molecule has 0 aliphatic carbocycles. The highest BCUT2D eigenvalue weighted by Gasteiger charge is 2.22. The molecule has 1 aromatic heterocycles. The molecule has 0 bridgehead atoms. The van der Waals surface area contributed by atoms with E-state index in [4.69, 9.17) is 9.29 Å². The summed E-state index contributed by atoms with van der Waals surface area (Å²) in [7, 11) is -4.32. The van der Waals surface area contributed by atoms with Crippen molar-refractivity contribution < 1.29 is 22.5 Å². The van der Waals surface area contributed by atoms with Gasteiger partial charge in [0.2, 0.25) is 0 Å². The zero-order chi connectivity index (χ0) is 20.2. The average molecular weight is 414 g/mol. The first-order valence-corrected chi connectivity index (χ1v) is 10.5. The SMILES string of the molecule is Cc1nc([C@H](Cc2ccc(NS(=O)(=O)O)cc2)NC(=O)OC(C)(C)C)cs1. The fourth-order valence-electron chi connectivity index (χ4n) is 2.31. The molecule has 27 heavy (non-hydrogen) atoms. The zero-order valence-electron chi connectivity index (χ0n) is 15.5. The summed E-state index contributed by atoms with van der Waals surface area (Å²) < 4.78 is 37.9. The molecule has 0 aliphatic rings. The Kier molecular flexibility index (Phi) is 6.45. The van der Waals surface area contributed by atoms with Gasteiger partial charge in [-0.3, -0.25) is 9.27 Å². The quantitative estimate of drug-likeness (QED) is 0.624. The molecule has 0 aliphatic heterocycles. The number of amides is 1. The number of thiazole rings is 1. The van der Waals surface area contributed by atoms with Crippen molar-refractivity contribution in [3.05, 3.63) is 45.9 Å². The van der Waals surface area contributed by atoms with Crippen molar-refractivity contribution in [2.75, 3.05) is 4.72 Å². The molecule has 2 rings (SSSR count). The van der Waals surface area contributed by atoms with Crippen LogP contribution in [0.25, 0.3) is 0 Å². The number of carbonyl (C=O) groups is 1. The van der Waals surface area contributed by atoms with E-state index in [2.05, 4.69) is 10.3 Å². The molecular weight excluding hydrogens is 390 g/mol. The number of benzene rings is 1. The van der Waals surface area contributed by atoms with Crippen molar-refractivity contribution in [1.82, 2.24) is 10.3 Å². The van der Waals surface area contributed by atoms with Crippen LogP contribution in [-0.2, 0) is 21.5 Å². The maximum Gasteiger partial charge on any atom is 0.408 e. The van der Waals surface area contributed by atoms with Crippen molar-refractivity contribution in [2.24, 2.45) is 0 Å². The molecule has 1 aromatic carbocycles. The van der Waals surface area contributed by atoms with Gasteiger partial charge in [-0.15, -0.1) is 11.3 Å². The molecule has 10 heteroatoms. The highest BCUT2D eigenvalue weighted by atomic mass is 32.2. The van der Waals surface area contributed by atoms with Gasteiger partial charge < -0.3 is 10.1 Å². The minimum atomic E-state index is -4.32. The second-order valence-electron chi connectivity index (χ2n) is 6.97. The van der Waals surface area contributed by atoms with Gasteiger partial charge in [0.1, 0.15) is 5.60 Å². The average Bonchev–Trinajstić information content (AvgIpc) is 2.91. The number of hydrogen-bond donors (Lipinski definition) is 3. The van der Waals surface area contributed by atoms with Gasteiger partial charge in [-0.25, -0.2) is 9.78 Å². The van der Waals surface area contributed by atoms with Crippen LogP contribution >= 0.6 is 11.3 Å². The lowest BCUT2D eigenvalue weighted by atomic mass is 10.0. The van der Waals surface area contributed by atoms with Crippen LogP contribution in [0.15, 0.2) is 29.6 Å². The van der Waals surface area contributed by atoms with Crippen LogP contribution in [0, 0.1) is 6.92 Å². The first-order chi connectivity index (χ1) is 12.4. The lowest BCUT2D eigenvalue weighted by molar-refractivity contribution is 0.0502. The van der Waals surface area contributed by atoms with Crippen molar-refractivity contribution >= 4 is 33.4 Å². The Morgan fingerprint density at radius 1 is 1.30 bits per heavy atom. The predicted molar refractivity (Wildman–Crippen MR) is 104 cm³/mol. The minimum absolute atomic E-state index is 0.238. The summed E-state index contributed by atoms with van der Waals surface area (Å²) in [6, 6.07) is 6.07. The maximum atomic E-state index is 12.2. The number of anilines is 1. The van der Waals surface area contributed by atoms with Crippen molar-refractivity contribution in [2.45, 2.75) is 45.8 Å². The van der Waals surface area contributed by atoms with Gasteiger partial charge in [-0.05, 0) is 51.8 Å². The molecule has 0 saturated heterocycles. The Hall–Kier alpha value is -2.17. The third-order valence-corrected chi connectivity index (χ3v) is 4.61. The number of carbonyl (C=O) groups excluding carboxylic acids is 1. The number of rotatable bonds is 6. The summed E-state index contributed by atoms with van der Waals surface area (Å²) in [4.78, 5) is 16.6. The number of alkyl carbamates (subject to hydrolysis) is 1. The van der Waals surface area contributed by atoms with Crippen LogP contribution in [0.1, 0.15) is 43.1 Å². The monoisotopic (exact) mass is 413 g/mol. The van der Waals surface area contributed by atoms with E-state index in [0.717, 1.165) is 16.3 Å². The first-order valence-electron chi connectivity index (χ1n) is 8.17. The molecular formula is C17H23N3O5S2. The Bertz CT molecular complexity index is 886. The molecule has 1 atom stereocenters. The Labute approximate surface area is 162 Å². The second-order valence-corrected chi connectivity index (χ2v) is 9.18. The lowest BCUT2D eigenvalue weighted by Gasteiger charge is -2.23. The van der Waals surface area contributed by atoms with Crippen LogP contribution in [0.2, 0.25) is 0 Å². The van der Waals surface area contributed by atoms with E-state index in [1.165, 1.54) is 23.5 Å². The van der Waals surface area contributed by atoms with Gasteiger partial charge in [-0.2, -0.15) is 8.42 Å². The maximum absolute atomic E-state index is 12.2. The Morgan fingerprint density at radius 3 is 2.41 bits per heavy atom. The summed E-state index contributed by atoms with van der Waals surface area (Å²) in [5.41, 5.74) is 1.20. The lowest BCUT2D eigenvalue weighted by Crippen LogP contribution is -2.36. The molecule has 1 heterocycles. The fraction of sp³-hybridized carbons (Fsp3) is 0.412. The van der Waals surface area contributed by atoms with Crippen LogP contribution < -0.4 is 10.0 Å². The van der Waals surface area contributed by atoms with Crippen molar-refractivity contribution in [3.63, 3.8) is 0 Å². The molecule has 0 saturated carbocycles. The van der Waals surface area contributed by atoms with Gasteiger partial charge in [0.05, 0.1) is 22.4 Å². The molecule has 0 radical (unpaired) electrons. The van der Waals surface area contributed by atoms with Crippen LogP contribution in [-0.4, -0.2) is 29.6 Å². The number of ether oxygens (including phenoxy) is 1. The largest absolute Gasteiger partial charge is 0.444 e. The Morgan fingerprint density at radius 2 is 1.93 bits per heavy atom. The third kappa shape index (κ3) is 7.53. The zero-order valence-corrected chi connectivity index (χ0v) is 17.1. The fourth-order valence-corrected chi connectivity index (χ4v) is 3.41. The van der Waals surface area contributed by atoms with E-state index in [1.54, 1.807) is 32.9 Å². The third-order valence-electron chi connectivity index (χ3n) is 3.33. The van der Waals surface area contributed by atoms with Gasteiger partial charge >= 0.3 is 16.4 Å². The topological polar surface area (TPSA) is 118 Å². The van der Waals surface area contributed by atoms with E-state index in [-0.39, 0.29) is 5.69 Å². The van der Waals surface area contributed by atoms with Gasteiger partial charge in [0, 0.05) is 5.38 Å². The number of hydrogen-bond acceptors (Lipinski definition) is 6. The van der Waals surface area contributed by atoms with Gasteiger partial charge in [0.15, 0.2) is 0 Å². The van der Waals surface area contributed by atoms with Gasteiger partial charge in [0.25, 0.3) is 0 Å². The molecule has 0 spiro atoms. The summed E-state index contributed by atoms with van der Waals surface area (Å²) >= 11 is 1.48. The predicted octanol–water partition coefficient (Wildman–Crippen LogP) is 3.47. The molecule has 148 valence electrons. The van der Waals surface area contributed by atoms with Crippen LogP contribution in [0.4, 0.5) is 10.5 Å². The highest BCUT2D eigenvalue weighted by molar-refractivity contribution is 7.87. The summed E-state index contributed by atoms with van der Waals surface area (Å²) in [6.07, 6.45) is -0.100. The number of nitrogens with one attached hydrogen (secondary N) is 2. The number of aromatic nitrogens is 1. The van der Waals surface area contributed by atoms with E-state index in [0.29, 0.717) is 6.42 Å². The molecule has 3 N–H and O–H groups in total. The first kappa shape index (κ1) is 21.1. The molecule has 8 nitrogen and oxygen atoms in total. The molecule has 1 amide bonds. The second kappa shape index (κ2) is 8.24. The molecule has 2 aromatic rings.